The van der Waals surface area contributed by atoms with Crippen molar-refractivity contribution in [1.82, 2.24) is 0 Å². The van der Waals surface area contributed by atoms with E-state index in [1.807, 2.05) is 6.07 Å². The van der Waals surface area contributed by atoms with Gasteiger partial charge in [-0.2, -0.15) is 0 Å². The number of fused-ring (bicyclic) bond motifs is 1. The van der Waals surface area contributed by atoms with Gasteiger partial charge < -0.3 is 4.79 Å². The lowest BCUT2D eigenvalue weighted by Gasteiger charge is -1.90. The fraction of sp³-hybridized carbons (Fsp3) is 0.0833. The number of carbonyl (C=O) groups is 1. The van der Waals surface area contributed by atoms with Crippen molar-refractivity contribution in [2.45, 2.75) is 6.42 Å². The van der Waals surface area contributed by atoms with Crippen LogP contribution in [0.1, 0.15) is 12.0 Å². The van der Waals surface area contributed by atoms with E-state index in [-0.39, 0.29) is 0 Å². The summed E-state index contributed by atoms with van der Waals surface area (Å²) in [6, 6.07) is 8.17. The summed E-state index contributed by atoms with van der Waals surface area (Å²) >= 11 is 1.70. The molecule has 2 rings (SSSR count). The second kappa shape index (κ2) is 4.08. The lowest BCUT2D eigenvalue weighted by atomic mass is 10.2. The van der Waals surface area contributed by atoms with Crippen molar-refractivity contribution in [3.63, 3.8) is 0 Å². The first-order chi connectivity index (χ1) is 6.90. The minimum Gasteiger partial charge on any atom is -0.302 e. The zero-order chi connectivity index (χ0) is 9.80. The maximum atomic E-state index is 10.1. The molecule has 1 heterocycles. The highest BCUT2D eigenvalue weighted by Crippen LogP contribution is 2.21. The normalized spacial score (nSPS) is 9.43. The maximum Gasteiger partial charge on any atom is 0.131 e. The smallest absolute Gasteiger partial charge is 0.131 e. The van der Waals surface area contributed by atoms with Crippen molar-refractivity contribution >= 4 is 27.7 Å². The minimum atomic E-state index is 0.308. The van der Waals surface area contributed by atoms with Crippen LogP contribution in [0.25, 0.3) is 10.1 Å². The molecule has 0 amide bonds. The molecule has 0 radical (unpaired) electrons. The van der Waals surface area contributed by atoms with E-state index in [9.17, 15) is 4.79 Å². The van der Waals surface area contributed by atoms with Gasteiger partial charge in [0, 0.05) is 10.3 Å². The summed E-state index contributed by atoms with van der Waals surface area (Å²) in [6.07, 6.45) is 1.12. The Morgan fingerprint density at radius 2 is 2.29 bits per heavy atom. The molecule has 0 fully saturated rings. The zero-order valence-electron chi connectivity index (χ0n) is 7.49. The van der Waals surface area contributed by atoms with E-state index in [2.05, 4.69) is 35.4 Å². The van der Waals surface area contributed by atoms with Crippen molar-refractivity contribution in [3.05, 3.63) is 35.2 Å². The Bertz CT molecular complexity index is 514. The molecule has 0 bridgehead atoms. The second-order valence-electron chi connectivity index (χ2n) is 2.85. The molecule has 0 aliphatic heterocycles. The highest BCUT2D eigenvalue weighted by atomic mass is 32.1. The molecule has 1 nitrogen and oxygen atoms in total. The van der Waals surface area contributed by atoms with E-state index >= 15 is 0 Å². The molecule has 0 atom stereocenters. The van der Waals surface area contributed by atoms with Gasteiger partial charge in [-0.15, -0.1) is 11.3 Å². The summed E-state index contributed by atoms with van der Waals surface area (Å²) in [6.45, 7) is 0. The molecule has 0 saturated heterocycles. The standard InChI is InChI=1S/C12H8OS/c13-7-2-1-3-10-4-5-11-6-8-14-12(11)9-10/h4-9H,2H2. The summed E-state index contributed by atoms with van der Waals surface area (Å²) in [5.74, 6) is 5.75. The zero-order valence-corrected chi connectivity index (χ0v) is 8.30. The first kappa shape index (κ1) is 8.98. The van der Waals surface area contributed by atoms with E-state index in [4.69, 9.17) is 0 Å². The quantitative estimate of drug-likeness (QED) is 0.511. The molecule has 0 aliphatic rings. The van der Waals surface area contributed by atoms with Crippen LogP contribution in [0.4, 0.5) is 0 Å². The molecular formula is C12H8OS. The number of carbonyl (C=O) groups excluding carboxylic acids is 1. The van der Waals surface area contributed by atoms with Gasteiger partial charge in [0.2, 0.25) is 0 Å². The summed E-state index contributed by atoms with van der Waals surface area (Å²) in [5, 5.41) is 3.31. The SMILES string of the molecule is O=CCC#Cc1ccc2ccsc2c1. The van der Waals surface area contributed by atoms with Crippen LogP contribution in [0.3, 0.4) is 0 Å². The minimum absolute atomic E-state index is 0.308. The van der Waals surface area contributed by atoms with Crippen LogP contribution in [-0.4, -0.2) is 6.29 Å². The van der Waals surface area contributed by atoms with E-state index in [1.165, 1.54) is 10.1 Å². The molecule has 2 heteroatoms. The Morgan fingerprint density at radius 3 is 3.14 bits per heavy atom. The average Bonchev–Trinajstić information content (AvgIpc) is 2.65. The number of aldehydes is 1. The molecule has 14 heavy (non-hydrogen) atoms. The maximum absolute atomic E-state index is 10.1. The third-order valence-corrected chi connectivity index (χ3v) is 2.75. The van der Waals surface area contributed by atoms with Gasteiger partial charge in [0.1, 0.15) is 6.29 Å². The third-order valence-electron chi connectivity index (χ3n) is 1.87. The molecule has 0 aliphatic carbocycles. The first-order valence-electron chi connectivity index (χ1n) is 4.30. The molecule has 1 aromatic carbocycles. The second-order valence-corrected chi connectivity index (χ2v) is 3.79. The number of rotatable bonds is 1. The number of benzene rings is 1. The van der Waals surface area contributed by atoms with Crippen LogP contribution in [0.5, 0.6) is 0 Å². The van der Waals surface area contributed by atoms with Gasteiger partial charge in [-0.3, -0.25) is 0 Å². The van der Waals surface area contributed by atoms with Gasteiger partial charge in [-0.05, 0) is 29.0 Å². The van der Waals surface area contributed by atoms with Crippen LogP contribution >= 0.6 is 11.3 Å². The molecule has 0 saturated carbocycles. The average molecular weight is 200 g/mol. The lowest BCUT2D eigenvalue weighted by molar-refractivity contribution is -0.107. The largest absolute Gasteiger partial charge is 0.302 e. The first-order valence-corrected chi connectivity index (χ1v) is 5.18. The van der Waals surface area contributed by atoms with Crippen molar-refractivity contribution in [2.75, 3.05) is 0 Å². The van der Waals surface area contributed by atoms with Crippen LogP contribution in [0, 0.1) is 11.8 Å². The van der Waals surface area contributed by atoms with E-state index < -0.39 is 0 Å². The number of hydrogen-bond acceptors (Lipinski definition) is 2. The summed E-state index contributed by atoms with van der Waals surface area (Å²) in [5.41, 5.74) is 0.974. The monoisotopic (exact) mass is 200 g/mol. The van der Waals surface area contributed by atoms with E-state index in [0.29, 0.717) is 6.42 Å². The van der Waals surface area contributed by atoms with E-state index in [0.717, 1.165) is 11.8 Å². The molecule has 0 N–H and O–H groups in total. The van der Waals surface area contributed by atoms with E-state index in [1.54, 1.807) is 11.3 Å². The molecule has 68 valence electrons. The van der Waals surface area contributed by atoms with Crippen LogP contribution in [-0.2, 0) is 4.79 Å². The van der Waals surface area contributed by atoms with Crippen LogP contribution < -0.4 is 0 Å². The van der Waals surface area contributed by atoms with Gasteiger partial charge in [0.25, 0.3) is 0 Å². The predicted molar refractivity (Wildman–Crippen MR) is 59.4 cm³/mol. The van der Waals surface area contributed by atoms with Crippen molar-refractivity contribution in [3.8, 4) is 11.8 Å². The predicted octanol–water partition coefficient (Wildman–Crippen LogP) is 2.84. The van der Waals surface area contributed by atoms with Gasteiger partial charge in [-0.25, -0.2) is 0 Å². The van der Waals surface area contributed by atoms with Crippen molar-refractivity contribution in [1.29, 1.82) is 0 Å². The summed E-state index contributed by atoms with van der Waals surface area (Å²) < 4.78 is 1.24. The molecule has 2 aromatic rings. The van der Waals surface area contributed by atoms with Gasteiger partial charge >= 0.3 is 0 Å². The van der Waals surface area contributed by atoms with Gasteiger partial charge in [0.05, 0.1) is 6.42 Å². The van der Waals surface area contributed by atoms with Gasteiger partial charge in [-0.1, -0.05) is 17.9 Å². The van der Waals surface area contributed by atoms with Crippen molar-refractivity contribution in [2.24, 2.45) is 0 Å². The third kappa shape index (κ3) is 1.84. The number of hydrogen-bond donors (Lipinski definition) is 0. The topological polar surface area (TPSA) is 17.1 Å². The van der Waals surface area contributed by atoms with Gasteiger partial charge in [0.15, 0.2) is 0 Å². The lowest BCUT2D eigenvalue weighted by Crippen LogP contribution is -1.73. The fourth-order valence-electron chi connectivity index (χ4n) is 1.23. The van der Waals surface area contributed by atoms with Crippen LogP contribution in [0.2, 0.25) is 0 Å². The van der Waals surface area contributed by atoms with Crippen LogP contribution in [0.15, 0.2) is 29.6 Å². The fourth-order valence-corrected chi connectivity index (χ4v) is 2.06. The Labute approximate surface area is 86.4 Å². The number of thiophene rings is 1. The highest BCUT2D eigenvalue weighted by Gasteiger charge is 1.94. The molecule has 0 spiro atoms. The molecule has 0 unspecified atom stereocenters. The summed E-state index contributed by atoms with van der Waals surface area (Å²) in [7, 11) is 0. The molecular weight excluding hydrogens is 192 g/mol. The Balaban J connectivity index is 2.35. The Hall–Kier alpha value is -1.59. The van der Waals surface area contributed by atoms with Crippen molar-refractivity contribution < 1.29 is 4.79 Å². The highest BCUT2D eigenvalue weighted by molar-refractivity contribution is 7.17. The summed E-state index contributed by atoms with van der Waals surface area (Å²) in [4.78, 5) is 10.1. The Kier molecular flexibility index (Phi) is 2.62. The Morgan fingerprint density at radius 1 is 1.36 bits per heavy atom. The molecule has 1 aromatic heterocycles.